The van der Waals surface area contributed by atoms with E-state index in [2.05, 4.69) is 15.2 Å². The fraction of sp³-hybridized carbons (Fsp3) is 0.571. The number of anilines is 2. The number of aryl methyl sites for hydroxylation is 1. The Morgan fingerprint density at radius 1 is 1.20 bits per heavy atom. The zero-order valence-corrected chi connectivity index (χ0v) is 21.0. The van der Waals surface area contributed by atoms with E-state index in [9.17, 15) is 4.79 Å². The van der Waals surface area contributed by atoms with Crippen LogP contribution in [-0.4, -0.2) is 61.2 Å². The van der Waals surface area contributed by atoms with Gasteiger partial charge in [0.05, 0.1) is 18.8 Å². The highest BCUT2D eigenvalue weighted by molar-refractivity contribution is 6.01. The molecule has 0 unspecified atom stereocenters. The Hall–Kier alpha value is -2.48. The number of carbonyl (C=O) groups is 1. The first-order valence-corrected chi connectivity index (χ1v) is 13.1. The first-order valence-electron chi connectivity index (χ1n) is 13.1. The van der Waals surface area contributed by atoms with E-state index in [1.54, 1.807) is 6.20 Å². The molecule has 0 bridgehead atoms. The second-order valence-corrected chi connectivity index (χ2v) is 9.96. The Balaban J connectivity index is 1.31. The van der Waals surface area contributed by atoms with Crippen molar-refractivity contribution in [2.75, 3.05) is 44.8 Å². The number of nitrogens with zero attached hydrogens (tertiary/aromatic N) is 2. The third-order valence-corrected chi connectivity index (χ3v) is 7.11. The molecule has 1 aliphatic heterocycles. The van der Waals surface area contributed by atoms with Crippen LogP contribution in [0.15, 0.2) is 36.5 Å². The lowest BCUT2D eigenvalue weighted by Crippen LogP contribution is -2.38. The van der Waals surface area contributed by atoms with Crippen LogP contribution < -0.4 is 15.8 Å². The molecule has 4 rings (SSSR count). The number of hydrogen-bond acceptors (Lipinski definition) is 7. The zero-order valence-electron chi connectivity index (χ0n) is 21.0. The second-order valence-electron chi connectivity index (χ2n) is 9.96. The van der Waals surface area contributed by atoms with Gasteiger partial charge in [-0.2, -0.15) is 0 Å². The van der Waals surface area contributed by atoms with Crippen molar-refractivity contribution >= 4 is 17.3 Å². The summed E-state index contributed by atoms with van der Waals surface area (Å²) in [7, 11) is 0. The highest BCUT2D eigenvalue weighted by Crippen LogP contribution is 2.29. The number of ketones is 1. The van der Waals surface area contributed by atoms with Crippen molar-refractivity contribution in [3.8, 4) is 5.75 Å². The van der Waals surface area contributed by atoms with E-state index < -0.39 is 0 Å². The lowest BCUT2D eigenvalue weighted by Gasteiger charge is -2.26. The molecule has 35 heavy (non-hydrogen) atoms. The summed E-state index contributed by atoms with van der Waals surface area (Å²) in [5, 5.41) is 3.35. The molecule has 0 radical (unpaired) electrons. The van der Waals surface area contributed by atoms with Gasteiger partial charge in [-0.1, -0.05) is 12.5 Å². The monoisotopic (exact) mass is 480 g/mol. The molecule has 2 aromatic rings. The maximum atomic E-state index is 13.1. The normalized spacial score (nSPS) is 21.0. The highest BCUT2D eigenvalue weighted by atomic mass is 16.5. The molecule has 3 N–H and O–H groups in total. The molecule has 1 saturated carbocycles. The molecule has 1 aromatic heterocycles. The van der Waals surface area contributed by atoms with Crippen LogP contribution in [0.2, 0.25) is 0 Å². The molecule has 0 amide bonds. The number of morpholine rings is 1. The van der Waals surface area contributed by atoms with Gasteiger partial charge in [-0.25, -0.2) is 4.98 Å². The molecule has 0 spiro atoms. The van der Waals surface area contributed by atoms with Gasteiger partial charge in [0.15, 0.2) is 5.78 Å². The Morgan fingerprint density at radius 2 is 2.00 bits per heavy atom. The molecule has 0 atom stereocenters. The number of hydrogen-bond donors (Lipinski definition) is 2. The Morgan fingerprint density at radius 3 is 2.80 bits per heavy atom. The minimum Gasteiger partial charge on any atom is -0.492 e. The molecule has 1 aliphatic carbocycles. The zero-order chi connectivity index (χ0) is 24.5. The molecule has 1 saturated heterocycles. The van der Waals surface area contributed by atoms with Crippen LogP contribution in [0, 0.1) is 12.8 Å². The second kappa shape index (κ2) is 13.0. The Bertz CT molecular complexity index is 953. The summed E-state index contributed by atoms with van der Waals surface area (Å²) in [5.74, 6) is 2.26. The van der Waals surface area contributed by atoms with E-state index in [0.29, 0.717) is 36.4 Å². The topological polar surface area (TPSA) is 89.7 Å². The van der Waals surface area contributed by atoms with Gasteiger partial charge >= 0.3 is 0 Å². The molecule has 2 heterocycles. The smallest absolute Gasteiger partial charge is 0.166 e. The van der Waals surface area contributed by atoms with E-state index in [1.165, 1.54) is 12.8 Å². The van der Waals surface area contributed by atoms with Gasteiger partial charge in [-0.05, 0) is 68.7 Å². The molecule has 190 valence electrons. The molecule has 7 nitrogen and oxygen atoms in total. The Kier molecular flexibility index (Phi) is 9.51. The van der Waals surface area contributed by atoms with Crippen molar-refractivity contribution in [1.29, 1.82) is 0 Å². The maximum absolute atomic E-state index is 13.1. The van der Waals surface area contributed by atoms with Gasteiger partial charge in [0.25, 0.3) is 0 Å². The van der Waals surface area contributed by atoms with Crippen molar-refractivity contribution in [2.24, 2.45) is 11.7 Å². The van der Waals surface area contributed by atoms with Crippen LogP contribution in [-0.2, 0) is 4.74 Å². The largest absolute Gasteiger partial charge is 0.492 e. The molecular weight excluding hydrogens is 440 g/mol. The van der Waals surface area contributed by atoms with E-state index in [0.717, 1.165) is 75.5 Å². The summed E-state index contributed by atoms with van der Waals surface area (Å²) in [6.45, 7) is 6.97. The minimum atomic E-state index is 0.147. The van der Waals surface area contributed by atoms with Crippen LogP contribution in [0.4, 0.5) is 11.5 Å². The lowest BCUT2D eigenvalue weighted by molar-refractivity contribution is 0.0322. The van der Waals surface area contributed by atoms with Gasteiger partial charge < -0.3 is 20.5 Å². The first-order chi connectivity index (χ1) is 17.1. The summed E-state index contributed by atoms with van der Waals surface area (Å²) >= 11 is 0. The van der Waals surface area contributed by atoms with Gasteiger partial charge in [0.1, 0.15) is 18.2 Å². The van der Waals surface area contributed by atoms with Crippen LogP contribution in [0.5, 0.6) is 5.75 Å². The first kappa shape index (κ1) is 25.6. The van der Waals surface area contributed by atoms with Crippen LogP contribution in [0.25, 0.3) is 0 Å². The van der Waals surface area contributed by atoms with Gasteiger partial charge in [0, 0.05) is 50.0 Å². The molecule has 2 aliphatic rings. The van der Waals surface area contributed by atoms with Crippen LogP contribution >= 0.6 is 0 Å². The van der Waals surface area contributed by atoms with Crippen LogP contribution in [0.1, 0.15) is 60.9 Å². The number of Topliss-reactive ketones (excluding diaryl/α,β-unsaturated/α-hetero) is 1. The van der Waals surface area contributed by atoms with Gasteiger partial charge in [-0.15, -0.1) is 0 Å². The predicted octanol–water partition coefficient (Wildman–Crippen LogP) is 4.72. The van der Waals surface area contributed by atoms with Crippen molar-refractivity contribution in [3.63, 3.8) is 0 Å². The summed E-state index contributed by atoms with van der Waals surface area (Å²) in [4.78, 5) is 20.0. The molecule has 1 aromatic carbocycles. The lowest BCUT2D eigenvalue weighted by atomic mass is 9.83. The number of benzene rings is 1. The van der Waals surface area contributed by atoms with Crippen molar-refractivity contribution in [3.05, 3.63) is 47.7 Å². The number of carbonyl (C=O) groups excluding carboxylic acids is 1. The number of aromatic nitrogens is 1. The number of ether oxygens (including phenoxy) is 2. The average Bonchev–Trinajstić information content (AvgIpc) is 2.87. The fourth-order valence-electron chi connectivity index (χ4n) is 4.96. The van der Waals surface area contributed by atoms with Crippen LogP contribution in [0.3, 0.4) is 0 Å². The highest BCUT2D eigenvalue weighted by Gasteiger charge is 2.19. The number of nitrogens with one attached hydrogen (secondary N) is 1. The average molecular weight is 481 g/mol. The summed E-state index contributed by atoms with van der Waals surface area (Å²) in [5.41, 5.74) is 8.53. The molecule has 7 heteroatoms. The van der Waals surface area contributed by atoms with Gasteiger partial charge in [-0.3, -0.25) is 9.69 Å². The summed E-state index contributed by atoms with van der Waals surface area (Å²) in [6.07, 6.45) is 8.98. The van der Waals surface area contributed by atoms with E-state index >= 15 is 0 Å². The number of nitrogens with two attached hydrogens (primary N) is 1. The fourth-order valence-corrected chi connectivity index (χ4v) is 4.96. The Labute approximate surface area is 209 Å². The quantitative estimate of drug-likeness (QED) is 0.450. The summed E-state index contributed by atoms with van der Waals surface area (Å²) in [6, 6.07) is 10.2. The van der Waals surface area contributed by atoms with E-state index in [1.807, 2.05) is 37.3 Å². The minimum absolute atomic E-state index is 0.147. The van der Waals surface area contributed by atoms with Gasteiger partial charge in [0.2, 0.25) is 0 Å². The predicted molar refractivity (Wildman–Crippen MR) is 140 cm³/mol. The number of pyridine rings is 1. The number of rotatable bonds is 11. The SMILES string of the molecule is Cc1cnc(Nc2cccc(OCCN3CCOCC3)c2)c(C(=O)CCCC2CCC(N)CC2)c1. The maximum Gasteiger partial charge on any atom is 0.166 e. The molecular formula is C28H40N4O3. The third-order valence-electron chi connectivity index (χ3n) is 7.11. The molecule has 2 fully saturated rings. The van der Waals surface area contributed by atoms with Crippen molar-refractivity contribution in [2.45, 2.75) is 57.9 Å². The standard InChI is InChI=1S/C28H40N4O3/c1-21-18-26(27(33)7-2-4-22-8-10-23(29)11-9-22)28(30-20-21)31-24-5-3-6-25(19-24)35-17-14-32-12-15-34-16-13-32/h3,5-6,18-20,22-23H,2,4,7-17,29H2,1H3,(H,30,31). The summed E-state index contributed by atoms with van der Waals surface area (Å²) < 4.78 is 11.4. The van der Waals surface area contributed by atoms with Crippen molar-refractivity contribution in [1.82, 2.24) is 9.88 Å². The van der Waals surface area contributed by atoms with Crippen molar-refractivity contribution < 1.29 is 14.3 Å². The van der Waals surface area contributed by atoms with E-state index in [4.69, 9.17) is 15.2 Å². The van der Waals surface area contributed by atoms with E-state index in [-0.39, 0.29) is 5.78 Å². The third kappa shape index (κ3) is 8.02.